The molecule has 1 rings (SSSR count). The molecular weight excluding hydrogens is 160 g/mol. The van der Waals surface area contributed by atoms with Crippen LogP contribution in [-0.2, 0) is 4.74 Å². The highest BCUT2D eigenvalue weighted by Crippen LogP contribution is 2.00. The van der Waals surface area contributed by atoms with Gasteiger partial charge in [-0.2, -0.15) is 0 Å². The van der Waals surface area contributed by atoms with Gasteiger partial charge in [0.25, 0.3) is 0 Å². The SMILES string of the molecule is CCCOCC=Cc1ccccc1. The first-order valence-electron chi connectivity index (χ1n) is 4.73. The van der Waals surface area contributed by atoms with Crippen molar-refractivity contribution in [2.75, 3.05) is 13.2 Å². The molecule has 0 aromatic heterocycles. The zero-order valence-electron chi connectivity index (χ0n) is 8.07. The molecule has 1 aromatic carbocycles. The van der Waals surface area contributed by atoms with E-state index in [-0.39, 0.29) is 0 Å². The van der Waals surface area contributed by atoms with Gasteiger partial charge in [0.15, 0.2) is 0 Å². The van der Waals surface area contributed by atoms with Gasteiger partial charge < -0.3 is 4.74 Å². The number of ether oxygens (including phenoxy) is 1. The zero-order valence-corrected chi connectivity index (χ0v) is 8.07. The van der Waals surface area contributed by atoms with E-state index < -0.39 is 0 Å². The normalized spacial score (nSPS) is 10.8. The van der Waals surface area contributed by atoms with Gasteiger partial charge in [-0.3, -0.25) is 0 Å². The van der Waals surface area contributed by atoms with Crippen molar-refractivity contribution in [1.82, 2.24) is 0 Å². The van der Waals surface area contributed by atoms with Crippen LogP contribution in [0.4, 0.5) is 0 Å². The second-order valence-electron chi connectivity index (χ2n) is 2.89. The lowest BCUT2D eigenvalue weighted by atomic mass is 10.2. The van der Waals surface area contributed by atoms with Gasteiger partial charge in [0.05, 0.1) is 6.61 Å². The molecule has 0 aliphatic heterocycles. The Kier molecular flexibility index (Phi) is 4.95. The van der Waals surface area contributed by atoms with Crippen molar-refractivity contribution in [3.05, 3.63) is 42.0 Å². The quantitative estimate of drug-likeness (QED) is 0.626. The second kappa shape index (κ2) is 6.44. The van der Waals surface area contributed by atoms with E-state index in [0.717, 1.165) is 13.0 Å². The highest BCUT2D eigenvalue weighted by atomic mass is 16.5. The minimum absolute atomic E-state index is 0.711. The first-order valence-corrected chi connectivity index (χ1v) is 4.73. The molecule has 1 heteroatoms. The number of hydrogen-bond acceptors (Lipinski definition) is 1. The molecule has 13 heavy (non-hydrogen) atoms. The topological polar surface area (TPSA) is 9.23 Å². The molecule has 0 N–H and O–H groups in total. The van der Waals surface area contributed by atoms with Crippen LogP contribution in [0.2, 0.25) is 0 Å². The average molecular weight is 176 g/mol. The van der Waals surface area contributed by atoms with Gasteiger partial charge in [0.2, 0.25) is 0 Å². The maximum atomic E-state index is 5.32. The molecule has 0 spiro atoms. The Bertz CT molecular complexity index is 239. The Morgan fingerprint density at radius 3 is 2.69 bits per heavy atom. The second-order valence-corrected chi connectivity index (χ2v) is 2.89. The van der Waals surface area contributed by atoms with Crippen LogP contribution in [0.25, 0.3) is 6.08 Å². The molecule has 0 saturated carbocycles. The summed E-state index contributed by atoms with van der Waals surface area (Å²) < 4.78 is 5.32. The molecule has 0 aliphatic carbocycles. The summed E-state index contributed by atoms with van der Waals surface area (Å²) in [7, 11) is 0. The predicted molar refractivity (Wildman–Crippen MR) is 56.6 cm³/mol. The van der Waals surface area contributed by atoms with Gasteiger partial charge in [-0.05, 0) is 12.0 Å². The fraction of sp³-hybridized carbons (Fsp3) is 0.333. The third-order valence-electron chi connectivity index (χ3n) is 1.67. The summed E-state index contributed by atoms with van der Waals surface area (Å²) in [6, 6.07) is 10.2. The lowest BCUT2D eigenvalue weighted by Crippen LogP contribution is -1.91. The Balaban J connectivity index is 2.25. The summed E-state index contributed by atoms with van der Waals surface area (Å²) >= 11 is 0. The molecule has 0 radical (unpaired) electrons. The van der Waals surface area contributed by atoms with E-state index in [2.05, 4.69) is 25.1 Å². The third-order valence-corrected chi connectivity index (χ3v) is 1.67. The van der Waals surface area contributed by atoms with Gasteiger partial charge in [0.1, 0.15) is 0 Å². The molecule has 70 valence electrons. The van der Waals surface area contributed by atoms with Crippen LogP contribution in [-0.4, -0.2) is 13.2 Å². The van der Waals surface area contributed by atoms with E-state index in [1.165, 1.54) is 5.56 Å². The van der Waals surface area contributed by atoms with E-state index in [0.29, 0.717) is 6.61 Å². The zero-order chi connectivity index (χ0) is 9.36. The minimum atomic E-state index is 0.711. The van der Waals surface area contributed by atoms with E-state index in [1.54, 1.807) is 0 Å². The van der Waals surface area contributed by atoms with Crippen molar-refractivity contribution in [1.29, 1.82) is 0 Å². The molecule has 0 atom stereocenters. The lowest BCUT2D eigenvalue weighted by Gasteiger charge is -1.95. The van der Waals surface area contributed by atoms with Gasteiger partial charge in [-0.1, -0.05) is 49.4 Å². The van der Waals surface area contributed by atoms with Crippen LogP contribution in [0.1, 0.15) is 18.9 Å². The third kappa shape index (κ3) is 4.48. The van der Waals surface area contributed by atoms with Crippen molar-refractivity contribution >= 4 is 6.08 Å². The minimum Gasteiger partial charge on any atom is -0.377 e. The Morgan fingerprint density at radius 1 is 1.23 bits per heavy atom. The Morgan fingerprint density at radius 2 is 2.00 bits per heavy atom. The van der Waals surface area contributed by atoms with Crippen molar-refractivity contribution in [2.45, 2.75) is 13.3 Å². The van der Waals surface area contributed by atoms with E-state index in [1.807, 2.05) is 24.3 Å². The smallest absolute Gasteiger partial charge is 0.0650 e. The van der Waals surface area contributed by atoms with Gasteiger partial charge in [-0.25, -0.2) is 0 Å². The van der Waals surface area contributed by atoms with Crippen LogP contribution in [0.3, 0.4) is 0 Å². The fourth-order valence-electron chi connectivity index (χ4n) is 1.04. The van der Waals surface area contributed by atoms with Crippen molar-refractivity contribution in [3.63, 3.8) is 0 Å². The van der Waals surface area contributed by atoms with Crippen LogP contribution < -0.4 is 0 Å². The summed E-state index contributed by atoms with van der Waals surface area (Å²) in [5, 5.41) is 0. The van der Waals surface area contributed by atoms with Crippen molar-refractivity contribution in [2.24, 2.45) is 0 Å². The first-order chi connectivity index (χ1) is 6.43. The maximum absolute atomic E-state index is 5.32. The molecule has 0 heterocycles. The summed E-state index contributed by atoms with van der Waals surface area (Å²) in [4.78, 5) is 0. The standard InChI is InChI=1S/C12H16O/c1-2-10-13-11-6-9-12-7-4-3-5-8-12/h3-9H,2,10-11H2,1H3. The first kappa shape index (κ1) is 10.0. The van der Waals surface area contributed by atoms with Crippen molar-refractivity contribution in [3.8, 4) is 0 Å². The van der Waals surface area contributed by atoms with Crippen LogP contribution in [0.5, 0.6) is 0 Å². The van der Waals surface area contributed by atoms with E-state index >= 15 is 0 Å². The molecule has 0 bridgehead atoms. The summed E-state index contributed by atoms with van der Waals surface area (Å²) in [6.07, 6.45) is 5.21. The Hall–Kier alpha value is -1.08. The van der Waals surface area contributed by atoms with Crippen LogP contribution >= 0.6 is 0 Å². The molecule has 0 unspecified atom stereocenters. The van der Waals surface area contributed by atoms with Gasteiger partial charge >= 0.3 is 0 Å². The Labute approximate surface area is 80.0 Å². The van der Waals surface area contributed by atoms with Crippen LogP contribution in [0.15, 0.2) is 36.4 Å². The predicted octanol–water partition coefficient (Wildman–Crippen LogP) is 3.13. The maximum Gasteiger partial charge on any atom is 0.0650 e. The molecular formula is C12H16O. The highest BCUT2D eigenvalue weighted by Gasteiger charge is 1.82. The fourth-order valence-corrected chi connectivity index (χ4v) is 1.04. The largest absolute Gasteiger partial charge is 0.377 e. The molecule has 0 aliphatic rings. The molecule has 1 aromatic rings. The average Bonchev–Trinajstić information content (AvgIpc) is 2.19. The number of benzene rings is 1. The summed E-state index contributed by atoms with van der Waals surface area (Å²) in [5.41, 5.74) is 1.22. The molecule has 0 fully saturated rings. The molecule has 0 amide bonds. The monoisotopic (exact) mass is 176 g/mol. The highest BCUT2D eigenvalue weighted by molar-refractivity contribution is 5.48. The lowest BCUT2D eigenvalue weighted by molar-refractivity contribution is 0.163. The van der Waals surface area contributed by atoms with E-state index in [9.17, 15) is 0 Å². The summed E-state index contributed by atoms with van der Waals surface area (Å²) in [5.74, 6) is 0. The van der Waals surface area contributed by atoms with Crippen molar-refractivity contribution < 1.29 is 4.74 Å². The van der Waals surface area contributed by atoms with Gasteiger partial charge in [0, 0.05) is 6.61 Å². The number of rotatable bonds is 5. The number of hydrogen-bond donors (Lipinski definition) is 0. The van der Waals surface area contributed by atoms with E-state index in [4.69, 9.17) is 4.74 Å². The molecule has 0 saturated heterocycles. The van der Waals surface area contributed by atoms with Crippen LogP contribution in [0, 0.1) is 0 Å². The molecule has 1 nitrogen and oxygen atoms in total. The summed E-state index contributed by atoms with van der Waals surface area (Å²) in [6.45, 7) is 3.67. The van der Waals surface area contributed by atoms with Gasteiger partial charge in [-0.15, -0.1) is 0 Å².